The van der Waals surface area contributed by atoms with Gasteiger partial charge in [-0.15, -0.1) is 0 Å². The van der Waals surface area contributed by atoms with Gasteiger partial charge in [-0.25, -0.2) is 4.79 Å². The molecule has 0 aliphatic carbocycles. The lowest BCUT2D eigenvalue weighted by molar-refractivity contribution is 0.0150. The molecule has 1 heterocycles. The minimum atomic E-state index is -0.479. The molecule has 4 heteroatoms. The maximum Gasteiger partial charge on any atom is 0.410 e. The summed E-state index contributed by atoms with van der Waals surface area (Å²) in [5.41, 5.74) is 7.80. The molecule has 0 radical (unpaired) electrons. The van der Waals surface area contributed by atoms with Crippen LogP contribution in [0.2, 0.25) is 0 Å². The number of fused-ring (bicyclic) bond motifs is 1. The molecule has 2 N–H and O–H groups in total. The Morgan fingerprint density at radius 2 is 2.11 bits per heavy atom. The Morgan fingerprint density at radius 3 is 2.74 bits per heavy atom. The van der Waals surface area contributed by atoms with E-state index >= 15 is 0 Å². The molecular weight excluding hydrogens is 240 g/mol. The Balaban J connectivity index is 2.22. The van der Waals surface area contributed by atoms with E-state index in [0.717, 1.165) is 12.0 Å². The Kier molecular flexibility index (Phi) is 3.80. The molecule has 104 valence electrons. The second kappa shape index (κ2) is 5.21. The molecule has 0 aromatic heterocycles. The molecule has 0 saturated heterocycles. The summed E-state index contributed by atoms with van der Waals surface area (Å²) in [4.78, 5) is 14.0. The Hall–Kier alpha value is -1.55. The van der Waals surface area contributed by atoms with Crippen LogP contribution in [0.3, 0.4) is 0 Å². The van der Waals surface area contributed by atoms with Crippen LogP contribution in [0.15, 0.2) is 24.3 Å². The van der Waals surface area contributed by atoms with Crippen LogP contribution in [0.1, 0.15) is 37.9 Å². The van der Waals surface area contributed by atoms with E-state index in [1.807, 2.05) is 39.0 Å². The largest absolute Gasteiger partial charge is 0.444 e. The van der Waals surface area contributed by atoms with Crippen molar-refractivity contribution in [3.63, 3.8) is 0 Å². The average Bonchev–Trinajstić information content (AvgIpc) is 2.35. The molecule has 0 saturated carbocycles. The summed E-state index contributed by atoms with van der Waals surface area (Å²) >= 11 is 0. The van der Waals surface area contributed by atoms with Crippen molar-refractivity contribution in [3.05, 3.63) is 35.4 Å². The lowest BCUT2D eigenvalue weighted by Gasteiger charge is -2.37. The standard InChI is InChI=1S/C15H22N2O2/c1-15(2,3)19-14(18)17-9-8-11-6-4-5-7-12(11)13(17)10-16/h4-7,13H,8-10,16H2,1-3H3/t13-/m0/s1. The average molecular weight is 262 g/mol. The fraction of sp³-hybridized carbons (Fsp3) is 0.533. The van der Waals surface area contributed by atoms with Crippen molar-refractivity contribution in [2.45, 2.75) is 38.8 Å². The summed E-state index contributed by atoms with van der Waals surface area (Å²) in [6.07, 6.45) is 0.573. The van der Waals surface area contributed by atoms with Gasteiger partial charge in [-0.3, -0.25) is 4.90 Å². The van der Waals surface area contributed by atoms with Crippen LogP contribution in [-0.4, -0.2) is 29.7 Å². The molecule has 0 bridgehead atoms. The molecular formula is C15H22N2O2. The number of nitrogens with zero attached hydrogens (tertiary/aromatic N) is 1. The van der Waals surface area contributed by atoms with Gasteiger partial charge in [0.1, 0.15) is 5.60 Å². The van der Waals surface area contributed by atoms with Crippen LogP contribution in [-0.2, 0) is 11.2 Å². The number of ether oxygens (including phenoxy) is 1. The van der Waals surface area contributed by atoms with Crippen molar-refractivity contribution in [2.75, 3.05) is 13.1 Å². The van der Waals surface area contributed by atoms with Gasteiger partial charge in [-0.05, 0) is 38.3 Å². The van der Waals surface area contributed by atoms with Crippen molar-refractivity contribution in [3.8, 4) is 0 Å². The minimum absolute atomic E-state index is 0.0835. The molecule has 1 aliphatic heterocycles. The molecule has 1 amide bonds. The van der Waals surface area contributed by atoms with Gasteiger partial charge in [-0.2, -0.15) is 0 Å². The molecule has 0 fully saturated rings. The van der Waals surface area contributed by atoms with Gasteiger partial charge in [0.15, 0.2) is 0 Å². The number of hydrogen-bond acceptors (Lipinski definition) is 3. The molecule has 0 unspecified atom stereocenters. The first kappa shape index (κ1) is 13.9. The molecule has 1 atom stereocenters. The SMILES string of the molecule is CC(C)(C)OC(=O)N1CCc2ccccc2[C@@H]1CN. The first-order valence-corrected chi connectivity index (χ1v) is 6.70. The van der Waals surface area contributed by atoms with Gasteiger partial charge in [-0.1, -0.05) is 24.3 Å². The van der Waals surface area contributed by atoms with Crippen molar-refractivity contribution in [1.82, 2.24) is 4.90 Å². The van der Waals surface area contributed by atoms with Gasteiger partial charge in [0, 0.05) is 13.1 Å². The van der Waals surface area contributed by atoms with E-state index in [1.165, 1.54) is 5.56 Å². The van der Waals surface area contributed by atoms with Crippen LogP contribution in [0, 0.1) is 0 Å². The lowest BCUT2D eigenvalue weighted by atomic mass is 9.93. The number of hydrogen-bond donors (Lipinski definition) is 1. The van der Waals surface area contributed by atoms with E-state index in [9.17, 15) is 4.79 Å². The Bertz CT molecular complexity index is 465. The van der Waals surface area contributed by atoms with Crippen LogP contribution in [0.4, 0.5) is 4.79 Å². The van der Waals surface area contributed by atoms with E-state index in [4.69, 9.17) is 10.5 Å². The second-order valence-electron chi connectivity index (χ2n) is 5.87. The van der Waals surface area contributed by atoms with Crippen molar-refractivity contribution >= 4 is 6.09 Å². The smallest absolute Gasteiger partial charge is 0.410 e. The van der Waals surface area contributed by atoms with Crippen molar-refractivity contribution in [2.24, 2.45) is 5.73 Å². The maximum absolute atomic E-state index is 12.2. The number of carbonyl (C=O) groups excluding carboxylic acids is 1. The number of benzene rings is 1. The number of rotatable bonds is 1. The third-order valence-corrected chi connectivity index (χ3v) is 3.26. The third kappa shape index (κ3) is 3.07. The number of carbonyl (C=O) groups is 1. The molecule has 1 aromatic carbocycles. The summed E-state index contributed by atoms with van der Waals surface area (Å²) in [5, 5.41) is 0. The predicted molar refractivity (Wildman–Crippen MR) is 74.9 cm³/mol. The number of amides is 1. The minimum Gasteiger partial charge on any atom is -0.444 e. The Morgan fingerprint density at radius 1 is 1.42 bits per heavy atom. The molecule has 19 heavy (non-hydrogen) atoms. The fourth-order valence-corrected chi connectivity index (χ4v) is 2.44. The summed E-state index contributed by atoms with van der Waals surface area (Å²) in [5.74, 6) is 0. The quantitative estimate of drug-likeness (QED) is 0.846. The van der Waals surface area contributed by atoms with Gasteiger partial charge >= 0.3 is 6.09 Å². The van der Waals surface area contributed by atoms with Crippen molar-refractivity contribution < 1.29 is 9.53 Å². The fourth-order valence-electron chi connectivity index (χ4n) is 2.44. The molecule has 2 rings (SSSR count). The molecule has 1 aromatic rings. The summed E-state index contributed by atoms with van der Waals surface area (Å²) in [6.45, 7) is 6.70. The molecule has 0 spiro atoms. The van der Waals surface area contributed by atoms with Crippen LogP contribution < -0.4 is 5.73 Å². The van der Waals surface area contributed by atoms with Gasteiger partial charge < -0.3 is 10.5 Å². The van der Waals surface area contributed by atoms with Crippen molar-refractivity contribution in [1.29, 1.82) is 0 Å². The summed E-state index contributed by atoms with van der Waals surface area (Å²) < 4.78 is 5.46. The highest BCUT2D eigenvalue weighted by Gasteiger charge is 2.32. The van der Waals surface area contributed by atoms with Crippen LogP contribution >= 0.6 is 0 Å². The van der Waals surface area contributed by atoms with E-state index < -0.39 is 5.60 Å². The second-order valence-corrected chi connectivity index (χ2v) is 5.87. The van der Waals surface area contributed by atoms with Gasteiger partial charge in [0.2, 0.25) is 0 Å². The topological polar surface area (TPSA) is 55.6 Å². The summed E-state index contributed by atoms with van der Waals surface area (Å²) in [7, 11) is 0. The van der Waals surface area contributed by atoms with Gasteiger partial charge in [0.25, 0.3) is 0 Å². The van der Waals surface area contributed by atoms with E-state index in [1.54, 1.807) is 4.90 Å². The monoisotopic (exact) mass is 262 g/mol. The zero-order chi connectivity index (χ0) is 14.0. The summed E-state index contributed by atoms with van der Waals surface area (Å²) in [6, 6.07) is 8.07. The third-order valence-electron chi connectivity index (χ3n) is 3.26. The predicted octanol–water partition coefficient (Wildman–Crippen LogP) is 2.48. The normalized spacial score (nSPS) is 18.9. The highest BCUT2D eigenvalue weighted by molar-refractivity contribution is 5.69. The zero-order valence-electron chi connectivity index (χ0n) is 11.8. The zero-order valence-corrected chi connectivity index (χ0v) is 11.8. The highest BCUT2D eigenvalue weighted by atomic mass is 16.6. The van der Waals surface area contributed by atoms with E-state index in [-0.39, 0.29) is 12.1 Å². The Labute approximate surface area is 114 Å². The van der Waals surface area contributed by atoms with E-state index in [0.29, 0.717) is 13.1 Å². The van der Waals surface area contributed by atoms with Crippen LogP contribution in [0.5, 0.6) is 0 Å². The molecule has 1 aliphatic rings. The maximum atomic E-state index is 12.2. The van der Waals surface area contributed by atoms with E-state index in [2.05, 4.69) is 6.07 Å². The first-order valence-electron chi connectivity index (χ1n) is 6.70. The highest BCUT2D eigenvalue weighted by Crippen LogP contribution is 2.30. The van der Waals surface area contributed by atoms with Gasteiger partial charge in [0.05, 0.1) is 6.04 Å². The lowest BCUT2D eigenvalue weighted by Crippen LogP contribution is -2.45. The first-order chi connectivity index (χ1) is 8.92. The molecule has 4 nitrogen and oxygen atoms in total. The number of nitrogens with two attached hydrogens (primary N) is 1. The van der Waals surface area contributed by atoms with Crippen LogP contribution in [0.25, 0.3) is 0 Å².